The Kier molecular flexibility index (Phi) is 6.95. The summed E-state index contributed by atoms with van der Waals surface area (Å²) in [6.45, 7) is 2.25. The van der Waals surface area contributed by atoms with Crippen LogP contribution in [0.1, 0.15) is 24.5 Å². The minimum atomic E-state index is -0.571. The van der Waals surface area contributed by atoms with E-state index in [1.165, 1.54) is 22.9 Å². The molecule has 0 aliphatic rings. The number of pyridine rings is 1. The number of hydrogen-bond acceptors (Lipinski definition) is 6. The minimum absolute atomic E-state index is 0.109. The maximum absolute atomic E-state index is 15.1. The lowest BCUT2D eigenvalue weighted by Crippen LogP contribution is -2.23. The molecular weight excluding hydrogens is 452 g/mol. The average molecular weight is 477 g/mol. The molecule has 34 heavy (non-hydrogen) atoms. The molecule has 0 saturated heterocycles. The van der Waals surface area contributed by atoms with E-state index < -0.39 is 11.5 Å². The topological polar surface area (TPSA) is 118 Å². The van der Waals surface area contributed by atoms with E-state index in [1.54, 1.807) is 35.4 Å². The molecule has 0 amide bonds. The van der Waals surface area contributed by atoms with Crippen molar-refractivity contribution in [1.29, 1.82) is 0 Å². The smallest absolute Gasteiger partial charge is 0.354 e. The molecule has 3 heterocycles. The molecule has 0 bridgehead atoms. The monoisotopic (exact) mass is 477 g/mol. The van der Waals surface area contributed by atoms with E-state index in [0.717, 1.165) is 27.8 Å². The predicted octanol–water partition coefficient (Wildman–Crippen LogP) is 2.40. The Labute approximate surface area is 198 Å². The normalized spacial score (nSPS) is 12.0. The van der Waals surface area contributed by atoms with Crippen LogP contribution in [0, 0.1) is 5.82 Å². The third kappa shape index (κ3) is 4.53. The van der Waals surface area contributed by atoms with E-state index in [-0.39, 0.29) is 18.8 Å². The molecule has 3 aromatic heterocycles. The molecule has 0 radical (unpaired) electrons. The minimum Gasteiger partial charge on any atom is -0.383 e. The summed E-state index contributed by atoms with van der Waals surface area (Å²) in [7, 11) is 2.72. The molecule has 8 nitrogen and oxygen atoms in total. The number of benzene rings is 1. The van der Waals surface area contributed by atoms with Gasteiger partial charge in [-0.3, -0.25) is 9.55 Å². The predicted molar refractivity (Wildman–Crippen MR) is 135 cm³/mol. The van der Waals surface area contributed by atoms with Crippen LogP contribution in [0.25, 0.3) is 16.9 Å². The Morgan fingerprint density at radius 1 is 1.18 bits per heavy atom. The highest BCUT2D eigenvalue weighted by molar-refractivity contribution is 7.27. The molecule has 174 valence electrons. The van der Waals surface area contributed by atoms with Gasteiger partial charge in [0.15, 0.2) is 0 Å². The van der Waals surface area contributed by atoms with Crippen molar-refractivity contribution in [3.8, 4) is 11.4 Å². The second-order valence-electron chi connectivity index (χ2n) is 7.62. The number of rotatable bonds is 7. The summed E-state index contributed by atoms with van der Waals surface area (Å²) in [5.74, 6) is -0.305. The molecule has 0 aliphatic heterocycles. The maximum atomic E-state index is 15.1. The third-order valence-corrected chi connectivity index (χ3v) is 6.22. The number of allylic oxidation sites excluding steroid dienone is 1. The van der Waals surface area contributed by atoms with Crippen molar-refractivity contribution in [3.05, 3.63) is 94.2 Å². The molecule has 1 aromatic carbocycles. The van der Waals surface area contributed by atoms with Crippen molar-refractivity contribution in [3.63, 3.8) is 0 Å². The molecule has 1 unspecified atom stereocenters. The van der Waals surface area contributed by atoms with Gasteiger partial charge < -0.3 is 11.5 Å². The molecule has 1 atom stereocenters. The molecule has 0 aliphatic carbocycles. The lowest BCUT2D eigenvalue weighted by atomic mass is 9.93. The van der Waals surface area contributed by atoms with Gasteiger partial charge in [0.1, 0.15) is 11.6 Å². The molecule has 0 spiro atoms. The van der Waals surface area contributed by atoms with Crippen LogP contribution in [0.4, 0.5) is 10.2 Å². The number of anilines is 1. The molecule has 4 aromatic rings. The molecule has 4 N–H and O–H groups in total. The van der Waals surface area contributed by atoms with Crippen LogP contribution in [0.15, 0.2) is 71.6 Å². The van der Waals surface area contributed by atoms with Crippen molar-refractivity contribution in [2.24, 2.45) is 5.73 Å². The fourth-order valence-corrected chi connectivity index (χ4v) is 4.40. The zero-order chi connectivity index (χ0) is 24.2. The summed E-state index contributed by atoms with van der Waals surface area (Å²) in [5, 5.41) is 4.52. The molecule has 10 heteroatoms. The average Bonchev–Trinajstić information content (AvgIpc) is 3.21. The number of aromatic nitrogens is 5. The van der Waals surface area contributed by atoms with Gasteiger partial charge in [-0.1, -0.05) is 27.8 Å². The zero-order valence-corrected chi connectivity index (χ0v) is 19.8. The molecule has 4 rings (SSSR count). The molecule has 0 saturated carbocycles. The van der Waals surface area contributed by atoms with Gasteiger partial charge in [0.05, 0.1) is 23.0 Å². The fourth-order valence-electron chi connectivity index (χ4n) is 3.93. The number of nitrogens with zero attached hydrogens (tertiary/aromatic N) is 5. The highest BCUT2D eigenvalue weighted by atomic mass is 31.0. The Morgan fingerprint density at radius 3 is 2.62 bits per heavy atom. The fraction of sp³-hybridized carbons (Fsp3) is 0.167. The van der Waals surface area contributed by atoms with Crippen molar-refractivity contribution >= 4 is 26.1 Å². The van der Waals surface area contributed by atoms with Gasteiger partial charge in [-0.05, 0) is 48.7 Å². The van der Waals surface area contributed by atoms with Crippen molar-refractivity contribution in [1.82, 2.24) is 24.3 Å². The second-order valence-corrected chi connectivity index (χ2v) is 8.17. The Bertz CT molecular complexity index is 1410. The van der Waals surface area contributed by atoms with Gasteiger partial charge in [0.25, 0.3) is 0 Å². The van der Waals surface area contributed by atoms with E-state index in [9.17, 15) is 4.79 Å². The Morgan fingerprint density at radius 2 is 1.94 bits per heavy atom. The number of halogens is 1. The quantitative estimate of drug-likeness (QED) is 0.395. The van der Waals surface area contributed by atoms with E-state index >= 15 is 4.39 Å². The summed E-state index contributed by atoms with van der Waals surface area (Å²) < 4.78 is 18.2. The SMILES string of the molecule is CC/C(Cc1c(F)cccc1-n1ccc(N)nc1=O)=C(/CN)c1cnn(-c2ccncc2)c1P. The first-order valence-electron chi connectivity index (χ1n) is 10.7. The highest BCUT2D eigenvalue weighted by Crippen LogP contribution is 2.27. The van der Waals surface area contributed by atoms with Gasteiger partial charge in [-0.2, -0.15) is 10.1 Å². The standard InChI is InChI=1S/C24H25FN7OP/c1-2-15(18(13-26)19-14-29-32(23(19)34)16-6-9-28-10-7-16)12-17-20(25)4-3-5-21(17)31-11-8-22(27)30-24(31)33/h3-11,14H,2,12-13,26,34H2,1H3,(H2,27,30,33)/b18-15+. The second kappa shape index (κ2) is 10.1. The van der Waals surface area contributed by atoms with Crippen LogP contribution in [-0.2, 0) is 6.42 Å². The first-order valence-corrected chi connectivity index (χ1v) is 11.3. The third-order valence-electron chi connectivity index (χ3n) is 5.67. The van der Waals surface area contributed by atoms with E-state index in [1.807, 2.05) is 19.1 Å². The number of hydrogen-bond donors (Lipinski definition) is 2. The Balaban J connectivity index is 1.81. The summed E-state index contributed by atoms with van der Waals surface area (Å²) in [6.07, 6.45) is 7.57. The zero-order valence-electron chi connectivity index (χ0n) is 18.6. The van der Waals surface area contributed by atoms with E-state index in [0.29, 0.717) is 17.7 Å². The summed E-state index contributed by atoms with van der Waals surface area (Å²) >= 11 is 0. The summed E-state index contributed by atoms with van der Waals surface area (Å²) in [6, 6.07) is 9.87. The highest BCUT2D eigenvalue weighted by Gasteiger charge is 2.19. The number of nitrogen functional groups attached to an aromatic ring is 1. The van der Waals surface area contributed by atoms with Crippen LogP contribution >= 0.6 is 9.24 Å². The summed E-state index contributed by atoms with van der Waals surface area (Å²) in [5.41, 5.74) is 16.4. The van der Waals surface area contributed by atoms with Crippen molar-refractivity contribution in [2.45, 2.75) is 19.8 Å². The van der Waals surface area contributed by atoms with Gasteiger partial charge >= 0.3 is 5.69 Å². The Hall–Kier alpha value is -3.68. The lowest BCUT2D eigenvalue weighted by Gasteiger charge is -2.17. The maximum Gasteiger partial charge on any atom is 0.354 e. The number of nitrogens with two attached hydrogens (primary N) is 2. The van der Waals surface area contributed by atoms with Gasteiger partial charge in [0.2, 0.25) is 0 Å². The summed E-state index contributed by atoms with van der Waals surface area (Å²) in [4.78, 5) is 20.3. The van der Waals surface area contributed by atoms with Crippen LogP contribution in [-0.4, -0.2) is 30.9 Å². The van der Waals surface area contributed by atoms with Gasteiger partial charge in [-0.25, -0.2) is 13.9 Å². The van der Waals surface area contributed by atoms with Gasteiger partial charge in [0, 0.05) is 36.3 Å². The van der Waals surface area contributed by atoms with Crippen molar-refractivity contribution in [2.75, 3.05) is 12.3 Å². The van der Waals surface area contributed by atoms with E-state index in [4.69, 9.17) is 11.5 Å². The first-order chi connectivity index (χ1) is 16.4. The van der Waals surface area contributed by atoms with Crippen LogP contribution < -0.4 is 22.6 Å². The van der Waals surface area contributed by atoms with Crippen LogP contribution in [0.2, 0.25) is 0 Å². The first kappa shape index (κ1) is 23.5. The largest absolute Gasteiger partial charge is 0.383 e. The van der Waals surface area contributed by atoms with Crippen LogP contribution in [0.5, 0.6) is 0 Å². The molecule has 0 fully saturated rings. The van der Waals surface area contributed by atoms with Crippen molar-refractivity contribution < 1.29 is 4.39 Å². The lowest BCUT2D eigenvalue weighted by molar-refractivity contribution is 0.610. The van der Waals surface area contributed by atoms with Crippen LogP contribution in [0.3, 0.4) is 0 Å². The van der Waals surface area contributed by atoms with E-state index in [2.05, 4.69) is 24.3 Å². The molecular formula is C24H25FN7OP. The van der Waals surface area contributed by atoms with Gasteiger partial charge in [-0.15, -0.1) is 0 Å².